The molecule has 0 saturated carbocycles. The zero-order valence-electron chi connectivity index (χ0n) is 13.9. The van der Waals surface area contributed by atoms with Crippen molar-refractivity contribution in [2.75, 3.05) is 6.61 Å². The number of ether oxygens (including phenoxy) is 2. The second-order valence-electron chi connectivity index (χ2n) is 6.28. The van der Waals surface area contributed by atoms with E-state index in [4.69, 9.17) is 9.47 Å². The first-order valence-electron chi connectivity index (χ1n) is 7.73. The van der Waals surface area contributed by atoms with Crippen molar-refractivity contribution in [2.24, 2.45) is 0 Å². The van der Waals surface area contributed by atoms with Crippen molar-refractivity contribution in [3.8, 4) is 11.5 Å². The third kappa shape index (κ3) is 3.25. The number of fused-ring (bicyclic) bond motifs is 1. The lowest BCUT2D eigenvalue weighted by molar-refractivity contribution is -0.384. The van der Waals surface area contributed by atoms with E-state index in [9.17, 15) is 10.1 Å². The van der Waals surface area contributed by atoms with Gasteiger partial charge in [-0.1, -0.05) is 12.1 Å². The van der Waals surface area contributed by atoms with Gasteiger partial charge in [0.1, 0.15) is 18.1 Å². The Balaban J connectivity index is 1.73. The van der Waals surface area contributed by atoms with Crippen molar-refractivity contribution < 1.29 is 14.4 Å². The summed E-state index contributed by atoms with van der Waals surface area (Å²) in [5.41, 5.74) is 2.88. The minimum Gasteiger partial charge on any atom is -0.489 e. The van der Waals surface area contributed by atoms with Crippen molar-refractivity contribution in [1.29, 1.82) is 0 Å². The Bertz CT molecular complexity index is 811. The van der Waals surface area contributed by atoms with Crippen LogP contribution in [0.5, 0.6) is 11.5 Å². The second kappa shape index (κ2) is 6.00. The molecule has 5 nitrogen and oxygen atoms in total. The molecule has 5 heteroatoms. The van der Waals surface area contributed by atoms with E-state index in [2.05, 4.69) is 19.1 Å². The lowest BCUT2D eigenvalue weighted by atomic mass is 9.97. The number of benzene rings is 2. The summed E-state index contributed by atoms with van der Waals surface area (Å²) in [5, 5.41) is 10.7. The van der Waals surface area contributed by atoms with Gasteiger partial charge >= 0.3 is 0 Å². The van der Waals surface area contributed by atoms with Crippen LogP contribution in [0.3, 0.4) is 0 Å². The molecule has 24 heavy (non-hydrogen) atoms. The SMILES string of the molecule is Cc1cc(C)c2c(c1)OC(C)(COc1ccc([N+](=O)[O-])cc1)C=C2. The van der Waals surface area contributed by atoms with E-state index in [-0.39, 0.29) is 5.69 Å². The van der Waals surface area contributed by atoms with Gasteiger partial charge in [-0.15, -0.1) is 0 Å². The molecule has 1 heterocycles. The summed E-state index contributed by atoms with van der Waals surface area (Å²) >= 11 is 0. The predicted molar refractivity (Wildman–Crippen MR) is 92.6 cm³/mol. The molecule has 124 valence electrons. The first-order chi connectivity index (χ1) is 11.4. The fourth-order valence-electron chi connectivity index (χ4n) is 2.75. The van der Waals surface area contributed by atoms with Crippen LogP contribution in [0.1, 0.15) is 23.6 Å². The van der Waals surface area contributed by atoms with E-state index >= 15 is 0 Å². The summed E-state index contributed by atoms with van der Waals surface area (Å²) in [6.45, 7) is 6.37. The molecule has 0 aliphatic carbocycles. The number of hydrogen-bond donors (Lipinski definition) is 0. The van der Waals surface area contributed by atoms with Crippen molar-refractivity contribution in [3.63, 3.8) is 0 Å². The fraction of sp³-hybridized carbons (Fsp3) is 0.263. The van der Waals surface area contributed by atoms with Crippen LogP contribution in [0.4, 0.5) is 5.69 Å². The largest absolute Gasteiger partial charge is 0.489 e. The molecule has 1 aliphatic rings. The number of aryl methyl sites for hydroxylation is 2. The highest BCUT2D eigenvalue weighted by Gasteiger charge is 2.29. The Kier molecular flexibility index (Phi) is 4.01. The normalized spacial score (nSPS) is 18.6. The summed E-state index contributed by atoms with van der Waals surface area (Å²) in [6.07, 6.45) is 4.05. The fourth-order valence-corrected chi connectivity index (χ4v) is 2.75. The Morgan fingerprint density at radius 3 is 2.58 bits per heavy atom. The second-order valence-corrected chi connectivity index (χ2v) is 6.28. The topological polar surface area (TPSA) is 61.6 Å². The molecule has 3 rings (SSSR count). The average Bonchev–Trinajstić information content (AvgIpc) is 2.52. The average molecular weight is 325 g/mol. The van der Waals surface area contributed by atoms with E-state index < -0.39 is 10.5 Å². The lowest BCUT2D eigenvalue weighted by Gasteiger charge is -2.32. The summed E-state index contributed by atoms with van der Waals surface area (Å²) in [4.78, 5) is 10.2. The standard InChI is InChI=1S/C19H19NO4/c1-13-10-14(2)17-8-9-19(3,24-18(17)11-13)12-23-16-6-4-15(5-7-16)20(21)22/h4-11H,12H2,1-3H3. The van der Waals surface area contributed by atoms with Crippen LogP contribution in [0.2, 0.25) is 0 Å². The quantitative estimate of drug-likeness (QED) is 0.615. The van der Waals surface area contributed by atoms with Gasteiger partial charge in [-0.2, -0.15) is 0 Å². The molecule has 0 fully saturated rings. The number of rotatable bonds is 4. The van der Waals surface area contributed by atoms with Crippen molar-refractivity contribution in [1.82, 2.24) is 0 Å². The Morgan fingerprint density at radius 1 is 1.21 bits per heavy atom. The highest BCUT2D eigenvalue weighted by atomic mass is 16.6. The van der Waals surface area contributed by atoms with Crippen LogP contribution < -0.4 is 9.47 Å². The van der Waals surface area contributed by atoms with E-state index in [1.54, 1.807) is 12.1 Å². The van der Waals surface area contributed by atoms with Crippen LogP contribution in [-0.2, 0) is 0 Å². The van der Waals surface area contributed by atoms with Gasteiger partial charge in [-0.25, -0.2) is 0 Å². The summed E-state index contributed by atoms with van der Waals surface area (Å²) < 4.78 is 11.9. The maximum absolute atomic E-state index is 10.7. The van der Waals surface area contributed by atoms with Crippen LogP contribution in [0.15, 0.2) is 42.5 Å². The molecule has 1 aliphatic heterocycles. The molecule has 0 radical (unpaired) electrons. The number of nitro groups is 1. The third-order valence-electron chi connectivity index (χ3n) is 4.01. The van der Waals surface area contributed by atoms with Gasteiger partial charge in [0.05, 0.1) is 4.92 Å². The van der Waals surface area contributed by atoms with E-state index in [1.807, 2.05) is 26.0 Å². The molecule has 0 saturated heterocycles. The van der Waals surface area contributed by atoms with E-state index in [1.165, 1.54) is 17.7 Å². The Hall–Kier alpha value is -2.82. The molecule has 0 N–H and O–H groups in total. The van der Waals surface area contributed by atoms with Crippen LogP contribution in [0, 0.1) is 24.0 Å². The molecular formula is C19H19NO4. The first kappa shape index (κ1) is 16.1. The van der Waals surface area contributed by atoms with Gasteiger partial charge < -0.3 is 9.47 Å². The van der Waals surface area contributed by atoms with Crippen LogP contribution in [0.25, 0.3) is 6.08 Å². The molecule has 0 amide bonds. The molecule has 0 aromatic heterocycles. The highest BCUT2D eigenvalue weighted by Crippen LogP contribution is 2.34. The molecular weight excluding hydrogens is 306 g/mol. The number of hydrogen-bond acceptors (Lipinski definition) is 4. The molecule has 0 spiro atoms. The van der Waals surface area contributed by atoms with Crippen molar-refractivity contribution in [3.05, 3.63) is 69.3 Å². The van der Waals surface area contributed by atoms with Gasteiger partial charge in [0.15, 0.2) is 5.60 Å². The minimum absolute atomic E-state index is 0.0438. The zero-order chi connectivity index (χ0) is 17.3. The van der Waals surface area contributed by atoms with Crippen LogP contribution in [-0.4, -0.2) is 17.1 Å². The van der Waals surface area contributed by atoms with Gasteiger partial charge in [0, 0.05) is 17.7 Å². The molecule has 1 unspecified atom stereocenters. The van der Waals surface area contributed by atoms with Gasteiger partial charge in [-0.3, -0.25) is 10.1 Å². The smallest absolute Gasteiger partial charge is 0.269 e. The molecule has 0 bridgehead atoms. The Morgan fingerprint density at radius 2 is 1.92 bits per heavy atom. The van der Waals surface area contributed by atoms with E-state index in [0.29, 0.717) is 12.4 Å². The number of nitrogens with zero attached hydrogens (tertiary/aromatic N) is 1. The van der Waals surface area contributed by atoms with Gasteiger partial charge in [0.2, 0.25) is 0 Å². The predicted octanol–water partition coefficient (Wildman–Crippen LogP) is 4.45. The summed E-state index contributed by atoms with van der Waals surface area (Å²) in [7, 11) is 0. The van der Waals surface area contributed by atoms with Crippen LogP contribution >= 0.6 is 0 Å². The summed E-state index contributed by atoms with van der Waals surface area (Å²) in [5.74, 6) is 1.43. The molecule has 2 aromatic carbocycles. The maximum atomic E-state index is 10.7. The van der Waals surface area contributed by atoms with Crippen molar-refractivity contribution >= 4 is 11.8 Å². The Labute approximate surface area is 140 Å². The lowest BCUT2D eigenvalue weighted by Crippen LogP contribution is -2.38. The summed E-state index contributed by atoms with van der Waals surface area (Å²) in [6, 6.07) is 10.2. The minimum atomic E-state index is -0.588. The monoisotopic (exact) mass is 325 g/mol. The van der Waals surface area contributed by atoms with E-state index in [0.717, 1.165) is 16.9 Å². The number of nitro benzene ring substituents is 1. The number of non-ortho nitro benzene ring substituents is 1. The van der Waals surface area contributed by atoms with Gasteiger partial charge in [-0.05, 0) is 56.2 Å². The zero-order valence-corrected chi connectivity index (χ0v) is 13.9. The first-order valence-corrected chi connectivity index (χ1v) is 7.73. The maximum Gasteiger partial charge on any atom is 0.269 e. The third-order valence-corrected chi connectivity index (χ3v) is 4.01. The molecule has 2 aromatic rings. The van der Waals surface area contributed by atoms with Gasteiger partial charge in [0.25, 0.3) is 5.69 Å². The molecule has 1 atom stereocenters. The van der Waals surface area contributed by atoms with Crippen molar-refractivity contribution in [2.45, 2.75) is 26.4 Å². The highest BCUT2D eigenvalue weighted by molar-refractivity contribution is 5.65.